The number of benzene rings is 4. The smallest absolute Gasteiger partial charge is 0.399 e. The fourth-order valence-corrected chi connectivity index (χ4v) is 4.89. The van der Waals surface area contributed by atoms with Crippen LogP contribution in [0, 0.1) is 0 Å². The number of nitrogens with zero attached hydrogens (tertiary/aromatic N) is 1. The van der Waals surface area contributed by atoms with Gasteiger partial charge in [-0.25, -0.2) is 4.98 Å². The molecule has 1 aromatic heterocycles. The van der Waals surface area contributed by atoms with Gasteiger partial charge >= 0.3 is 7.12 Å². The first kappa shape index (κ1) is 22.0. The zero-order chi connectivity index (χ0) is 24.2. The fourth-order valence-electron chi connectivity index (χ4n) is 4.89. The Labute approximate surface area is 206 Å². The van der Waals surface area contributed by atoms with Gasteiger partial charge in [-0.1, -0.05) is 91.0 Å². The predicted octanol–water partition coefficient (Wildman–Crippen LogP) is 7.02. The third kappa shape index (κ3) is 3.65. The highest BCUT2D eigenvalue weighted by atomic mass is 16.7. The molecule has 0 bridgehead atoms. The Morgan fingerprint density at radius 2 is 1.26 bits per heavy atom. The molecule has 0 amide bonds. The lowest BCUT2D eigenvalue weighted by Gasteiger charge is -2.32. The lowest BCUT2D eigenvalue weighted by Crippen LogP contribution is -2.41. The van der Waals surface area contributed by atoms with E-state index in [9.17, 15) is 0 Å². The average Bonchev–Trinajstić information content (AvgIpc) is 3.10. The van der Waals surface area contributed by atoms with Crippen LogP contribution in [-0.2, 0) is 9.31 Å². The van der Waals surface area contributed by atoms with E-state index in [1.54, 1.807) is 0 Å². The van der Waals surface area contributed by atoms with Crippen molar-refractivity contribution in [1.82, 2.24) is 4.98 Å². The molecule has 0 unspecified atom stereocenters. The van der Waals surface area contributed by atoms with Crippen LogP contribution < -0.4 is 5.46 Å². The molecule has 6 rings (SSSR count). The molecule has 0 atom stereocenters. The van der Waals surface area contributed by atoms with E-state index in [-0.39, 0.29) is 11.2 Å². The minimum atomic E-state index is -0.395. The van der Waals surface area contributed by atoms with Crippen LogP contribution in [0.5, 0.6) is 0 Å². The second kappa shape index (κ2) is 8.05. The van der Waals surface area contributed by atoms with Crippen molar-refractivity contribution in [3.63, 3.8) is 0 Å². The van der Waals surface area contributed by atoms with Crippen molar-refractivity contribution in [2.45, 2.75) is 38.9 Å². The first-order valence-electron chi connectivity index (χ1n) is 12.2. The summed E-state index contributed by atoms with van der Waals surface area (Å²) in [7, 11) is -0.395. The summed E-state index contributed by atoms with van der Waals surface area (Å²) >= 11 is 0. The highest BCUT2D eigenvalue weighted by Crippen LogP contribution is 2.39. The first-order valence-corrected chi connectivity index (χ1v) is 12.2. The predicted molar refractivity (Wildman–Crippen MR) is 146 cm³/mol. The van der Waals surface area contributed by atoms with Gasteiger partial charge in [0, 0.05) is 21.7 Å². The van der Waals surface area contributed by atoms with E-state index in [0.29, 0.717) is 0 Å². The molecule has 1 fully saturated rings. The van der Waals surface area contributed by atoms with Crippen LogP contribution in [0.15, 0.2) is 97.1 Å². The molecule has 5 aromatic rings. The Hall–Kier alpha value is -3.47. The average molecular weight is 457 g/mol. The quantitative estimate of drug-likeness (QED) is 0.216. The summed E-state index contributed by atoms with van der Waals surface area (Å²) in [6, 6.07) is 33.9. The van der Waals surface area contributed by atoms with E-state index in [1.165, 1.54) is 10.9 Å². The summed E-state index contributed by atoms with van der Waals surface area (Å²) in [5.74, 6) is 0. The Morgan fingerprint density at radius 1 is 0.629 bits per heavy atom. The Kier molecular flexibility index (Phi) is 5.06. The van der Waals surface area contributed by atoms with Crippen molar-refractivity contribution in [2.24, 2.45) is 0 Å². The topological polar surface area (TPSA) is 31.4 Å². The van der Waals surface area contributed by atoms with Crippen molar-refractivity contribution in [2.75, 3.05) is 0 Å². The molecule has 0 spiro atoms. The number of fused-ring (bicyclic) bond motifs is 3. The molecule has 1 saturated heterocycles. The summed E-state index contributed by atoms with van der Waals surface area (Å²) in [6.45, 7) is 8.36. The van der Waals surface area contributed by atoms with Crippen LogP contribution in [0.1, 0.15) is 27.7 Å². The minimum absolute atomic E-state index is 0.375. The molecule has 172 valence electrons. The number of para-hydroxylation sites is 1. The normalized spacial score (nSPS) is 16.7. The van der Waals surface area contributed by atoms with Crippen LogP contribution in [0.3, 0.4) is 0 Å². The van der Waals surface area contributed by atoms with Gasteiger partial charge in [0.15, 0.2) is 0 Å². The summed E-state index contributed by atoms with van der Waals surface area (Å²) < 4.78 is 12.7. The second-order valence-corrected chi connectivity index (χ2v) is 10.3. The van der Waals surface area contributed by atoms with Crippen molar-refractivity contribution in [3.05, 3.63) is 97.1 Å². The largest absolute Gasteiger partial charge is 0.494 e. The zero-order valence-electron chi connectivity index (χ0n) is 20.6. The maximum absolute atomic E-state index is 6.34. The molecule has 35 heavy (non-hydrogen) atoms. The van der Waals surface area contributed by atoms with Crippen LogP contribution in [-0.4, -0.2) is 23.3 Å². The van der Waals surface area contributed by atoms with Crippen molar-refractivity contribution in [3.8, 4) is 22.4 Å². The van der Waals surface area contributed by atoms with Crippen molar-refractivity contribution >= 4 is 34.3 Å². The van der Waals surface area contributed by atoms with E-state index in [2.05, 4.69) is 119 Å². The molecular weight excluding hydrogens is 429 g/mol. The SMILES string of the molecule is CC1(C)OB(c2cccc(-c3cccc4c(-c5ccccc5)nc5ccccc5c34)c2)OC1(C)C. The number of pyridine rings is 1. The Balaban J connectivity index is 1.57. The monoisotopic (exact) mass is 457 g/mol. The van der Waals surface area contributed by atoms with E-state index < -0.39 is 7.12 Å². The van der Waals surface area contributed by atoms with Gasteiger partial charge in [-0.3, -0.25) is 0 Å². The maximum atomic E-state index is 6.34. The van der Waals surface area contributed by atoms with Gasteiger partial charge in [0.1, 0.15) is 0 Å². The molecule has 1 aliphatic rings. The Bertz CT molecular complexity index is 1540. The number of aromatic nitrogens is 1. The first-order chi connectivity index (χ1) is 16.8. The molecule has 2 heterocycles. The molecular formula is C31H28BNO2. The summed E-state index contributed by atoms with van der Waals surface area (Å²) in [5.41, 5.74) is 5.71. The maximum Gasteiger partial charge on any atom is 0.494 e. The van der Waals surface area contributed by atoms with E-state index in [0.717, 1.165) is 38.6 Å². The van der Waals surface area contributed by atoms with Gasteiger partial charge in [-0.05, 0) is 50.4 Å². The van der Waals surface area contributed by atoms with Crippen LogP contribution in [0.4, 0.5) is 0 Å². The summed E-state index contributed by atoms with van der Waals surface area (Å²) in [4.78, 5) is 5.08. The molecule has 3 nitrogen and oxygen atoms in total. The highest BCUT2D eigenvalue weighted by Gasteiger charge is 2.51. The summed E-state index contributed by atoms with van der Waals surface area (Å²) in [6.07, 6.45) is 0. The van der Waals surface area contributed by atoms with Crippen molar-refractivity contribution in [1.29, 1.82) is 0 Å². The Morgan fingerprint density at radius 3 is 2.03 bits per heavy atom. The third-order valence-corrected chi connectivity index (χ3v) is 7.50. The molecule has 4 aromatic carbocycles. The molecule has 0 saturated carbocycles. The van der Waals surface area contributed by atoms with E-state index in [4.69, 9.17) is 14.3 Å². The van der Waals surface area contributed by atoms with Crippen LogP contribution in [0.25, 0.3) is 44.1 Å². The number of hydrogen-bond donors (Lipinski definition) is 0. The molecule has 0 aliphatic carbocycles. The van der Waals surface area contributed by atoms with Crippen molar-refractivity contribution < 1.29 is 9.31 Å². The number of rotatable bonds is 3. The fraction of sp³-hybridized carbons (Fsp3) is 0.194. The lowest BCUT2D eigenvalue weighted by molar-refractivity contribution is 0.00578. The second-order valence-electron chi connectivity index (χ2n) is 10.3. The van der Waals surface area contributed by atoms with Crippen LogP contribution >= 0.6 is 0 Å². The highest BCUT2D eigenvalue weighted by molar-refractivity contribution is 6.62. The molecule has 1 aliphatic heterocycles. The van der Waals surface area contributed by atoms with E-state index >= 15 is 0 Å². The van der Waals surface area contributed by atoms with Gasteiger partial charge in [-0.15, -0.1) is 0 Å². The number of hydrogen-bond acceptors (Lipinski definition) is 3. The van der Waals surface area contributed by atoms with Gasteiger partial charge in [0.2, 0.25) is 0 Å². The third-order valence-electron chi connectivity index (χ3n) is 7.50. The zero-order valence-corrected chi connectivity index (χ0v) is 20.6. The molecule has 4 heteroatoms. The van der Waals surface area contributed by atoms with Gasteiger partial charge in [0.25, 0.3) is 0 Å². The molecule has 0 N–H and O–H groups in total. The van der Waals surface area contributed by atoms with Crippen LogP contribution in [0.2, 0.25) is 0 Å². The van der Waals surface area contributed by atoms with Gasteiger partial charge in [0.05, 0.1) is 22.4 Å². The lowest BCUT2D eigenvalue weighted by atomic mass is 9.77. The standard InChI is InChI=1S/C31H28BNO2/c1-30(2)31(3,4)35-32(34-30)23-15-10-14-22(20-23)24-17-11-18-26-28(24)25-16-8-9-19-27(25)33-29(26)21-12-6-5-7-13-21/h5-20H,1-4H3. The van der Waals surface area contributed by atoms with Gasteiger partial charge in [-0.2, -0.15) is 0 Å². The summed E-state index contributed by atoms with van der Waals surface area (Å²) in [5, 5.41) is 3.51. The van der Waals surface area contributed by atoms with E-state index in [1.807, 2.05) is 6.07 Å². The molecule has 0 radical (unpaired) electrons. The minimum Gasteiger partial charge on any atom is -0.399 e. The van der Waals surface area contributed by atoms with Gasteiger partial charge < -0.3 is 9.31 Å².